The van der Waals surface area contributed by atoms with Crippen molar-refractivity contribution < 1.29 is 4.79 Å². The minimum Gasteiger partial charge on any atom is -0.306 e. The van der Waals surface area contributed by atoms with E-state index in [1.165, 1.54) is 0 Å². The highest BCUT2D eigenvalue weighted by molar-refractivity contribution is 5.94. The summed E-state index contributed by atoms with van der Waals surface area (Å²) in [7, 11) is 0. The summed E-state index contributed by atoms with van der Waals surface area (Å²) in [5.74, 6) is 0.0272. The SMILES string of the molecule is CC(=O)N1Cc2ccccc2C=Cc2ncccc21. The third kappa shape index (κ3) is 2.15. The molecular formula is C16H14N2O. The third-order valence-electron chi connectivity index (χ3n) is 3.29. The second-order valence-electron chi connectivity index (χ2n) is 4.55. The fourth-order valence-corrected chi connectivity index (χ4v) is 2.31. The van der Waals surface area contributed by atoms with Gasteiger partial charge in [-0.3, -0.25) is 9.78 Å². The normalized spacial score (nSPS) is 13.2. The number of aromatic nitrogens is 1. The molecular weight excluding hydrogens is 236 g/mol. The summed E-state index contributed by atoms with van der Waals surface area (Å²) >= 11 is 0. The number of hydrogen-bond donors (Lipinski definition) is 0. The predicted molar refractivity (Wildman–Crippen MR) is 76.5 cm³/mol. The molecule has 1 aliphatic rings. The molecule has 0 saturated heterocycles. The number of rotatable bonds is 0. The van der Waals surface area contributed by atoms with E-state index in [-0.39, 0.29) is 5.91 Å². The molecule has 0 radical (unpaired) electrons. The van der Waals surface area contributed by atoms with Gasteiger partial charge in [0.05, 0.1) is 17.9 Å². The Kier molecular flexibility index (Phi) is 2.88. The Morgan fingerprint density at radius 1 is 1.16 bits per heavy atom. The zero-order valence-corrected chi connectivity index (χ0v) is 10.7. The first kappa shape index (κ1) is 11.7. The lowest BCUT2D eigenvalue weighted by atomic mass is 10.0. The summed E-state index contributed by atoms with van der Waals surface area (Å²) in [5.41, 5.74) is 3.96. The van der Waals surface area contributed by atoms with Gasteiger partial charge in [-0.05, 0) is 29.3 Å². The molecule has 0 unspecified atom stereocenters. The molecule has 3 nitrogen and oxygen atoms in total. The second kappa shape index (κ2) is 4.69. The smallest absolute Gasteiger partial charge is 0.224 e. The molecule has 3 heteroatoms. The van der Waals surface area contributed by atoms with Gasteiger partial charge in [0, 0.05) is 13.1 Å². The summed E-state index contributed by atoms with van der Waals surface area (Å²) < 4.78 is 0. The summed E-state index contributed by atoms with van der Waals surface area (Å²) in [6.45, 7) is 2.17. The Bertz CT molecular complexity index is 661. The molecule has 19 heavy (non-hydrogen) atoms. The number of anilines is 1. The number of carbonyl (C=O) groups is 1. The number of benzene rings is 1. The van der Waals surface area contributed by atoms with Crippen LogP contribution >= 0.6 is 0 Å². The van der Waals surface area contributed by atoms with Crippen LogP contribution < -0.4 is 4.90 Å². The van der Waals surface area contributed by atoms with Crippen LogP contribution in [0.4, 0.5) is 5.69 Å². The zero-order valence-electron chi connectivity index (χ0n) is 10.7. The number of pyridine rings is 1. The number of amides is 1. The highest BCUT2D eigenvalue weighted by Gasteiger charge is 2.18. The molecule has 2 heterocycles. The highest BCUT2D eigenvalue weighted by atomic mass is 16.2. The van der Waals surface area contributed by atoms with E-state index in [0.717, 1.165) is 22.5 Å². The van der Waals surface area contributed by atoms with Crippen molar-refractivity contribution in [1.82, 2.24) is 4.98 Å². The van der Waals surface area contributed by atoms with Crippen LogP contribution in [0.25, 0.3) is 12.2 Å². The van der Waals surface area contributed by atoms with Gasteiger partial charge in [-0.25, -0.2) is 0 Å². The van der Waals surface area contributed by atoms with Crippen LogP contribution in [0.5, 0.6) is 0 Å². The second-order valence-corrected chi connectivity index (χ2v) is 4.55. The molecule has 0 N–H and O–H groups in total. The van der Waals surface area contributed by atoms with Crippen molar-refractivity contribution in [2.24, 2.45) is 0 Å². The lowest BCUT2D eigenvalue weighted by Crippen LogP contribution is -2.29. The first-order valence-electron chi connectivity index (χ1n) is 6.25. The molecule has 1 aromatic heterocycles. The van der Waals surface area contributed by atoms with Crippen LogP contribution in [-0.4, -0.2) is 10.9 Å². The van der Waals surface area contributed by atoms with Crippen molar-refractivity contribution in [3.63, 3.8) is 0 Å². The quantitative estimate of drug-likeness (QED) is 0.719. The van der Waals surface area contributed by atoms with Crippen LogP contribution in [0, 0.1) is 0 Å². The Labute approximate surface area is 112 Å². The molecule has 1 amide bonds. The van der Waals surface area contributed by atoms with Gasteiger partial charge in [0.2, 0.25) is 5.91 Å². The van der Waals surface area contributed by atoms with Crippen molar-refractivity contribution in [3.05, 3.63) is 59.4 Å². The molecule has 2 aromatic rings. The van der Waals surface area contributed by atoms with Crippen LogP contribution in [0.3, 0.4) is 0 Å². The van der Waals surface area contributed by atoms with Crippen molar-refractivity contribution in [1.29, 1.82) is 0 Å². The van der Waals surface area contributed by atoms with E-state index >= 15 is 0 Å². The molecule has 0 aliphatic carbocycles. The summed E-state index contributed by atoms with van der Waals surface area (Å²) in [6, 6.07) is 11.9. The highest BCUT2D eigenvalue weighted by Crippen LogP contribution is 2.27. The topological polar surface area (TPSA) is 33.2 Å². The average molecular weight is 250 g/mol. The number of fused-ring (bicyclic) bond motifs is 2. The lowest BCUT2D eigenvalue weighted by molar-refractivity contribution is -0.116. The first-order valence-corrected chi connectivity index (χ1v) is 6.25. The summed E-state index contributed by atoms with van der Waals surface area (Å²) in [6.07, 6.45) is 5.76. The van der Waals surface area contributed by atoms with Crippen LogP contribution in [-0.2, 0) is 11.3 Å². The minimum absolute atomic E-state index is 0.0272. The van der Waals surface area contributed by atoms with Crippen LogP contribution in [0.15, 0.2) is 42.6 Å². The van der Waals surface area contributed by atoms with Gasteiger partial charge in [0.25, 0.3) is 0 Å². The summed E-state index contributed by atoms with van der Waals surface area (Å²) in [5, 5.41) is 0. The van der Waals surface area contributed by atoms with E-state index in [9.17, 15) is 4.79 Å². The van der Waals surface area contributed by atoms with Gasteiger partial charge >= 0.3 is 0 Å². The molecule has 0 bridgehead atoms. The van der Waals surface area contributed by atoms with Gasteiger partial charge < -0.3 is 4.90 Å². The van der Waals surface area contributed by atoms with E-state index in [2.05, 4.69) is 23.2 Å². The Morgan fingerprint density at radius 3 is 2.84 bits per heavy atom. The van der Waals surface area contributed by atoms with E-state index in [4.69, 9.17) is 0 Å². The van der Waals surface area contributed by atoms with Gasteiger partial charge in [0.15, 0.2) is 0 Å². The zero-order chi connectivity index (χ0) is 13.2. The first-order chi connectivity index (χ1) is 9.25. The molecule has 0 atom stereocenters. The van der Waals surface area contributed by atoms with Crippen LogP contribution in [0.1, 0.15) is 23.7 Å². The van der Waals surface area contributed by atoms with Crippen molar-refractivity contribution >= 4 is 23.7 Å². The van der Waals surface area contributed by atoms with Gasteiger partial charge in [-0.15, -0.1) is 0 Å². The van der Waals surface area contributed by atoms with E-state index in [0.29, 0.717) is 6.54 Å². The average Bonchev–Trinajstić information content (AvgIpc) is 2.41. The Balaban J connectivity index is 2.19. The monoisotopic (exact) mass is 250 g/mol. The van der Waals surface area contributed by atoms with Crippen LogP contribution in [0.2, 0.25) is 0 Å². The van der Waals surface area contributed by atoms with Gasteiger partial charge in [-0.2, -0.15) is 0 Å². The Hall–Kier alpha value is -2.42. The third-order valence-corrected chi connectivity index (χ3v) is 3.29. The fraction of sp³-hybridized carbons (Fsp3) is 0.125. The number of carbonyl (C=O) groups excluding carboxylic acids is 1. The maximum Gasteiger partial charge on any atom is 0.224 e. The van der Waals surface area contributed by atoms with Crippen molar-refractivity contribution in [3.8, 4) is 0 Å². The lowest BCUT2D eigenvalue weighted by Gasteiger charge is -2.25. The Morgan fingerprint density at radius 2 is 2.00 bits per heavy atom. The molecule has 3 rings (SSSR count). The van der Waals surface area contributed by atoms with Crippen molar-refractivity contribution in [2.75, 3.05) is 4.90 Å². The molecule has 0 fully saturated rings. The fourth-order valence-electron chi connectivity index (χ4n) is 2.31. The standard InChI is InChI=1S/C16H14N2O/c1-12(19)18-11-14-6-3-2-5-13(14)8-9-15-16(18)7-4-10-17-15/h2-10H,11H2,1H3. The molecule has 0 saturated carbocycles. The van der Waals surface area contributed by atoms with E-state index < -0.39 is 0 Å². The van der Waals surface area contributed by atoms with Crippen molar-refractivity contribution in [2.45, 2.75) is 13.5 Å². The van der Waals surface area contributed by atoms with Gasteiger partial charge in [-0.1, -0.05) is 30.3 Å². The molecule has 1 aliphatic heterocycles. The van der Waals surface area contributed by atoms with Gasteiger partial charge in [0.1, 0.15) is 0 Å². The molecule has 94 valence electrons. The summed E-state index contributed by atoms with van der Waals surface area (Å²) in [4.78, 5) is 18.0. The maximum atomic E-state index is 11.9. The maximum absolute atomic E-state index is 11.9. The molecule has 0 spiro atoms. The number of nitrogens with zero attached hydrogens (tertiary/aromatic N) is 2. The minimum atomic E-state index is 0.0272. The predicted octanol–water partition coefficient (Wildman–Crippen LogP) is 3.12. The largest absolute Gasteiger partial charge is 0.306 e. The molecule has 1 aromatic carbocycles. The van der Waals surface area contributed by atoms with E-state index in [1.807, 2.05) is 30.3 Å². The van der Waals surface area contributed by atoms with E-state index in [1.54, 1.807) is 18.0 Å². The number of hydrogen-bond acceptors (Lipinski definition) is 2.